The Morgan fingerprint density at radius 3 is 2.81 bits per heavy atom. The van der Waals surface area contributed by atoms with Crippen LogP contribution >= 0.6 is 15.9 Å². The molecule has 4 heteroatoms. The molecule has 0 amide bonds. The second kappa shape index (κ2) is 5.92. The van der Waals surface area contributed by atoms with Gasteiger partial charge in [0.25, 0.3) is 0 Å². The van der Waals surface area contributed by atoms with Gasteiger partial charge >= 0.3 is 0 Å². The van der Waals surface area contributed by atoms with Gasteiger partial charge in [-0.2, -0.15) is 5.26 Å². The summed E-state index contributed by atoms with van der Waals surface area (Å²) in [6.07, 6.45) is 1.63. The van der Waals surface area contributed by atoms with E-state index in [0.29, 0.717) is 5.56 Å². The first-order valence-corrected chi connectivity index (χ1v) is 5.12. The van der Waals surface area contributed by atoms with Gasteiger partial charge in [-0.15, -0.1) is 29.8 Å². The fraction of sp³-hybridized carbons (Fsp3) is 0. The Hall–Kier alpha value is -0.998. The molecule has 0 unspecified atom stereocenters. The zero-order valence-corrected chi connectivity index (χ0v) is 11.2. The van der Waals surface area contributed by atoms with Gasteiger partial charge in [0.15, 0.2) is 0 Å². The number of halogens is 1. The molecule has 0 aliphatic rings. The molecular weight excluding hydrogens is 358 g/mol. The van der Waals surface area contributed by atoms with E-state index in [2.05, 4.69) is 33.0 Å². The summed E-state index contributed by atoms with van der Waals surface area (Å²) in [5, 5.41) is 8.77. The van der Waals surface area contributed by atoms with Crippen LogP contribution in [0.1, 0.15) is 5.56 Å². The fourth-order valence-corrected chi connectivity index (χ4v) is 1.60. The third-order valence-electron chi connectivity index (χ3n) is 1.93. The minimum Gasteiger partial charge on any atom is -0.305 e. The van der Waals surface area contributed by atoms with Crippen molar-refractivity contribution in [2.75, 3.05) is 0 Å². The number of rotatable bonds is 1. The van der Waals surface area contributed by atoms with Gasteiger partial charge in [-0.05, 0) is 11.8 Å². The molecule has 2 nitrogen and oxygen atoms in total. The van der Waals surface area contributed by atoms with E-state index in [1.54, 1.807) is 18.3 Å². The Morgan fingerprint density at radius 1 is 1.31 bits per heavy atom. The van der Waals surface area contributed by atoms with Gasteiger partial charge in [-0.1, -0.05) is 26.5 Å². The van der Waals surface area contributed by atoms with Crippen molar-refractivity contribution in [3.63, 3.8) is 0 Å². The summed E-state index contributed by atoms with van der Waals surface area (Å²) in [5.74, 6) is 0. The molecule has 0 aliphatic carbocycles. The summed E-state index contributed by atoms with van der Waals surface area (Å²) in [6.45, 7) is 0. The molecule has 0 bridgehead atoms. The number of benzene rings is 1. The van der Waals surface area contributed by atoms with E-state index in [1.807, 2.05) is 18.2 Å². The number of hydrogen-bond donors (Lipinski definition) is 0. The van der Waals surface area contributed by atoms with E-state index in [1.165, 1.54) is 0 Å². The third-order valence-corrected chi connectivity index (χ3v) is 2.42. The van der Waals surface area contributed by atoms with E-state index in [-0.39, 0.29) is 20.4 Å². The van der Waals surface area contributed by atoms with Crippen LogP contribution in [0, 0.1) is 17.4 Å². The largest absolute Gasteiger partial charge is 0.305 e. The van der Waals surface area contributed by atoms with Crippen molar-refractivity contribution in [1.82, 2.24) is 4.98 Å². The van der Waals surface area contributed by atoms with Gasteiger partial charge in [0, 0.05) is 32.2 Å². The van der Waals surface area contributed by atoms with Crippen molar-refractivity contribution < 1.29 is 20.4 Å². The van der Waals surface area contributed by atoms with Crippen molar-refractivity contribution in [1.29, 1.82) is 5.26 Å². The summed E-state index contributed by atoms with van der Waals surface area (Å²) < 4.78 is 0.973. The van der Waals surface area contributed by atoms with Crippen LogP contribution in [0.5, 0.6) is 0 Å². The van der Waals surface area contributed by atoms with Crippen LogP contribution in [-0.4, -0.2) is 4.98 Å². The maximum Gasteiger partial charge on any atom is 0.0984 e. The van der Waals surface area contributed by atoms with Gasteiger partial charge in [-0.3, -0.25) is 0 Å². The molecule has 0 saturated heterocycles. The van der Waals surface area contributed by atoms with Crippen molar-refractivity contribution in [2.24, 2.45) is 0 Å². The van der Waals surface area contributed by atoms with Crippen LogP contribution in [0.3, 0.4) is 0 Å². The van der Waals surface area contributed by atoms with E-state index < -0.39 is 0 Å². The van der Waals surface area contributed by atoms with Crippen LogP contribution in [-0.2, 0) is 20.4 Å². The van der Waals surface area contributed by atoms with Crippen molar-refractivity contribution in [3.05, 3.63) is 52.6 Å². The first-order chi connectivity index (χ1) is 7.29. The number of aromatic nitrogens is 1. The zero-order chi connectivity index (χ0) is 10.7. The summed E-state index contributed by atoms with van der Waals surface area (Å²) >= 11 is 3.38. The minimum absolute atomic E-state index is 0. The molecule has 2 rings (SSSR count). The standard InChI is InChI=1S/C12H6BrN2.Pd/c13-11-3-1-2-10(7-11)12-6-9(8-14)4-5-15-12;/h1,3-7H;/q-1;. The van der Waals surface area contributed by atoms with Crippen LogP contribution in [0.25, 0.3) is 11.3 Å². The van der Waals surface area contributed by atoms with Crippen LogP contribution in [0.15, 0.2) is 41.0 Å². The maximum absolute atomic E-state index is 8.77. The van der Waals surface area contributed by atoms with Crippen LogP contribution in [0.4, 0.5) is 0 Å². The second-order valence-electron chi connectivity index (χ2n) is 2.96. The van der Waals surface area contributed by atoms with Crippen LogP contribution in [0.2, 0.25) is 0 Å². The first-order valence-electron chi connectivity index (χ1n) is 4.33. The van der Waals surface area contributed by atoms with Crippen LogP contribution < -0.4 is 0 Å². The van der Waals surface area contributed by atoms with Gasteiger partial charge in [-0.25, -0.2) is 0 Å². The molecule has 0 aliphatic heterocycles. The number of nitriles is 1. The quantitative estimate of drug-likeness (QED) is 0.576. The number of hydrogen-bond acceptors (Lipinski definition) is 2. The van der Waals surface area contributed by atoms with Gasteiger partial charge in [0.05, 0.1) is 6.07 Å². The molecule has 1 aromatic carbocycles. The van der Waals surface area contributed by atoms with E-state index in [9.17, 15) is 0 Å². The molecule has 0 spiro atoms. The molecule has 1 heterocycles. The Morgan fingerprint density at radius 2 is 2.12 bits per heavy atom. The molecule has 0 fully saturated rings. The van der Waals surface area contributed by atoms with E-state index in [0.717, 1.165) is 15.7 Å². The maximum atomic E-state index is 8.77. The van der Waals surface area contributed by atoms with Crippen molar-refractivity contribution >= 4 is 15.9 Å². The Bertz CT molecular complexity index is 535. The SMILES string of the molecule is N#Cc1ccnc(-c2[c-]ccc(Br)c2)c1.[Pd]. The van der Waals surface area contributed by atoms with Crippen molar-refractivity contribution in [3.8, 4) is 17.3 Å². The predicted octanol–water partition coefficient (Wildman–Crippen LogP) is 3.18. The summed E-state index contributed by atoms with van der Waals surface area (Å²) in [5.41, 5.74) is 2.24. The molecule has 16 heavy (non-hydrogen) atoms. The van der Waals surface area contributed by atoms with Gasteiger partial charge in [0.1, 0.15) is 0 Å². The Balaban J connectivity index is 0.00000128. The molecule has 0 saturated carbocycles. The predicted molar refractivity (Wildman–Crippen MR) is 60.9 cm³/mol. The molecule has 0 radical (unpaired) electrons. The van der Waals surface area contributed by atoms with E-state index in [4.69, 9.17) is 5.26 Å². The molecule has 1 aromatic heterocycles. The van der Waals surface area contributed by atoms with E-state index >= 15 is 0 Å². The monoisotopic (exact) mass is 363 g/mol. The Kier molecular flexibility index (Phi) is 4.83. The van der Waals surface area contributed by atoms with Gasteiger partial charge in [0.2, 0.25) is 0 Å². The fourth-order valence-electron chi connectivity index (χ4n) is 1.23. The Labute approximate surface area is 116 Å². The molecule has 0 N–H and O–H groups in total. The first kappa shape index (κ1) is 13.1. The number of pyridine rings is 1. The third kappa shape index (κ3) is 3.00. The molecule has 82 valence electrons. The number of nitrogens with zero attached hydrogens (tertiary/aromatic N) is 2. The molecule has 0 atom stereocenters. The summed E-state index contributed by atoms with van der Waals surface area (Å²) in [4.78, 5) is 4.20. The zero-order valence-electron chi connectivity index (χ0n) is 8.05. The second-order valence-corrected chi connectivity index (χ2v) is 3.88. The van der Waals surface area contributed by atoms with Crippen molar-refractivity contribution in [2.45, 2.75) is 0 Å². The molecular formula is C12H6BrN2Pd-. The minimum atomic E-state index is 0. The van der Waals surface area contributed by atoms with Gasteiger partial charge < -0.3 is 4.98 Å². The topological polar surface area (TPSA) is 36.7 Å². The molecule has 2 aromatic rings. The average Bonchev–Trinajstić information content (AvgIpc) is 2.29. The average molecular weight is 365 g/mol. The summed E-state index contributed by atoms with van der Waals surface area (Å²) in [6, 6.07) is 14.2. The normalized spacial score (nSPS) is 9.00. The summed E-state index contributed by atoms with van der Waals surface area (Å²) in [7, 11) is 0. The smallest absolute Gasteiger partial charge is 0.0984 e.